The molecule has 21 heavy (non-hydrogen) atoms. The lowest BCUT2D eigenvalue weighted by atomic mass is 10.1. The van der Waals surface area contributed by atoms with Crippen molar-refractivity contribution >= 4 is 0 Å². The van der Waals surface area contributed by atoms with Crippen LogP contribution in [0.15, 0.2) is 35.1 Å². The van der Waals surface area contributed by atoms with E-state index in [4.69, 9.17) is 9.47 Å². The van der Waals surface area contributed by atoms with Crippen LogP contribution in [0.4, 0.5) is 0 Å². The first-order valence-electron chi connectivity index (χ1n) is 6.94. The maximum atomic E-state index is 12.3. The first-order valence-corrected chi connectivity index (χ1v) is 6.94. The Labute approximate surface area is 123 Å². The van der Waals surface area contributed by atoms with Crippen molar-refractivity contribution in [3.8, 4) is 22.8 Å². The maximum Gasteiger partial charge on any atom is 0.255 e. The SMILES string of the molecule is CNCc1ccc(-c2ccc3c(c2)OCCO3)n(C)c1=O. The summed E-state index contributed by atoms with van der Waals surface area (Å²) in [6, 6.07) is 9.57. The fourth-order valence-corrected chi connectivity index (χ4v) is 2.50. The first kappa shape index (κ1) is 13.7. The molecule has 1 aromatic heterocycles. The number of fused-ring (bicyclic) bond motifs is 1. The highest BCUT2D eigenvalue weighted by Gasteiger charge is 2.14. The van der Waals surface area contributed by atoms with E-state index in [9.17, 15) is 4.79 Å². The van der Waals surface area contributed by atoms with Gasteiger partial charge in [-0.25, -0.2) is 0 Å². The van der Waals surface area contributed by atoms with Crippen molar-refractivity contribution in [2.75, 3.05) is 20.3 Å². The minimum Gasteiger partial charge on any atom is -0.486 e. The highest BCUT2D eigenvalue weighted by Crippen LogP contribution is 2.34. The van der Waals surface area contributed by atoms with Gasteiger partial charge in [-0.3, -0.25) is 4.79 Å². The summed E-state index contributed by atoms with van der Waals surface area (Å²) in [6.45, 7) is 1.69. The second-order valence-electron chi connectivity index (χ2n) is 5.00. The van der Waals surface area contributed by atoms with Crippen LogP contribution in [0.2, 0.25) is 0 Å². The quantitative estimate of drug-likeness (QED) is 0.930. The molecule has 0 bridgehead atoms. The summed E-state index contributed by atoms with van der Waals surface area (Å²) in [5.74, 6) is 1.48. The van der Waals surface area contributed by atoms with Gasteiger partial charge in [0.1, 0.15) is 13.2 Å². The Bertz CT molecular complexity index is 722. The summed E-state index contributed by atoms with van der Waals surface area (Å²) < 4.78 is 12.8. The van der Waals surface area contributed by atoms with Gasteiger partial charge in [-0.05, 0) is 31.3 Å². The second-order valence-corrected chi connectivity index (χ2v) is 5.00. The zero-order valence-electron chi connectivity index (χ0n) is 12.2. The van der Waals surface area contributed by atoms with Crippen LogP contribution >= 0.6 is 0 Å². The van der Waals surface area contributed by atoms with Crippen LogP contribution in [0.5, 0.6) is 11.5 Å². The van der Waals surface area contributed by atoms with Crippen LogP contribution in [0, 0.1) is 0 Å². The van der Waals surface area contributed by atoms with Crippen LogP contribution in [0.25, 0.3) is 11.3 Å². The number of rotatable bonds is 3. The van der Waals surface area contributed by atoms with Gasteiger partial charge in [0.15, 0.2) is 11.5 Å². The molecule has 1 N–H and O–H groups in total. The monoisotopic (exact) mass is 286 g/mol. The third-order valence-corrected chi connectivity index (χ3v) is 3.59. The molecule has 0 saturated heterocycles. The third kappa shape index (κ3) is 2.52. The van der Waals surface area contributed by atoms with Crippen LogP contribution in [0.1, 0.15) is 5.56 Å². The predicted octanol–water partition coefficient (Wildman–Crippen LogP) is 1.54. The Balaban J connectivity index is 2.04. The van der Waals surface area contributed by atoms with Crippen LogP contribution in [-0.4, -0.2) is 24.8 Å². The van der Waals surface area contributed by atoms with Crippen molar-refractivity contribution in [3.63, 3.8) is 0 Å². The smallest absolute Gasteiger partial charge is 0.255 e. The van der Waals surface area contributed by atoms with Gasteiger partial charge >= 0.3 is 0 Å². The summed E-state index contributed by atoms with van der Waals surface area (Å²) >= 11 is 0. The van der Waals surface area contributed by atoms with Gasteiger partial charge in [-0.1, -0.05) is 6.07 Å². The summed E-state index contributed by atoms with van der Waals surface area (Å²) in [4.78, 5) is 12.3. The largest absolute Gasteiger partial charge is 0.486 e. The minimum absolute atomic E-state index is 0.0109. The molecule has 0 aliphatic carbocycles. The Morgan fingerprint density at radius 3 is 2.67 bits per heavy atom. The molecule has 1 aliphatic rings. The van der Waals surface area contributed by atoms with Crippen molar-refractivity contribution in [2.45, 2.75) is 6.54 Å². The zero-order chi connectivity index (χ0) is 14.8. The van der Waals surface area contributed by atoms with E-state index in [0.29, 0.717) is 19.8 Å². The van der Waals surface area contributed by atoms with E-state index < -0.39 is 0 Å². The molecule has 2 aromatic rings. The lowest BCUT2D eigenvalue weighted by Gasteiger charge is -2.19. The fraction of sp³-hybridized carbons (Fsp3) is 0.312. The molecule has 5 heteroatoms. The van der Waals surface area contributed by atoms with E-state index in [1.54, 1.807) is 11.6 Å². The van der Waals surface area contributed by atoms with E-state index in [0.717, 1.165) is 28.3 Å². The normalized spacial score (nSPS) is 13.2. The number of nitrogens with one attached hydrogen (secondary N) is 1. The fourth-order valence-electron chi connectivity index (χ4n) is 2.50. The Morgan fingerprint density at radius 1 is 1.14 bits per heavy atom. The molecule has 0 saturated carbocycles. The predicted molar refractivity (Wildman–Crippen MR) is 80.9 cm³/mol. The average molecular weight is 286 g/mol. The summed E-state index contributed by atoms with van der Waals surface area (Å²) in [6.07, 6.45) is 0. The molecule has 1 aromatic carbocycles. The Kier molecular flexibility index (Phi) is 3.66. The molecule has 1 aliphatic heterocycles. The van der Waals surface area contributed by atoms with E-state index in [2.05, 4.69) is 5.32 Å². The molecule has 0 spiro atoms. The van der Waals surface area contributed by atoms with Gasteiger partial charge in [0, 0.05) is 24.7 Å². The number of pyridine rings is 1. The van der Waals surface area contributed by atoms with Crippen molar-refractivity contribution < 1.29 is 9.47 Å². The number of benzene rings is 1. The van der Waals surface area contributed by atoms with Crippen LogP contribution in [-0.2, 0) is 13.6 Å². The van der Waals surface area contributed by atoms with E-state index >= 15 is 0 Å². The van der Waals surface area contributed by atoms with Crippen molar-refractivity contribution in [3.05, 3.63) is 46.2 Å². The van der Waals surface area contributed by atoms with Crippen LogP contribution < -0.4 is 20.3 Å². The van der Waals surface area contributed by atoms with Crippen molar-refractivity contribution in [2.24, 2.45) is 7.05 Å². The highest BCUT2D eigenvalue weighted by atomic mass is 16.6. The molecule has 5 nitrogen and oxygen atoms in total. The number of aromatic nitrogens is 1. The number of hydrogen-bond donors (Lipinski definition) is 1. The highest BCUT2D eigenvalue weighted by molar-refractivity contribution is 5.64. The molecule has 0 atom stereocenters. The first-order chi connectivity index (χ1) is 10.2. The molecule has 0 amide bonds. The maximum absolute atomic E-state index is 12.3. The van der Waals surface area contributed by atoms with Crippen LogP contribution in [0.3, 0.4) is 0 Å². The van der Waals surface area contributed by atoms with Crippen molar-refractivity contribution in [1.29, 1.82) is 0 Å². The lowest BCUT2D eigenvalue weighted by Crippen LogP contribution is -2.25. The molecule has 110 valence electrons. The van der Waals surface area contributed by atoms with Gasteiger partial charge in [0.25, 0.3) is 5.56 Å². The third-order valence-electron chi connectivity index (χ3n) is 3.59. The van der Waals surface area contributed by atoms with Gasteiger partial charge in [-0.2, -0.15) is 0 Å². The van der Waals surface area contributed by atoms with Gasteiger partial charge in [-0.15, -0.1) is 0 Å². The van der Waals surface area contributed by atoms with E-state index in [-0.39, 0.29) is 5.56 Å². The lowest BCUT2D eigenvalue weighted by molar-refractivity contribution is 0.171. The van der Waals surface area contributed by atoms with E-state index in [1.807, 2.05) is 37.4 Å². The average Bonchev–Trinajstić information content (AvgIpc) is 2.52. The summed E-state index contributed by atoms with van der Waals surface area (Å²) in [5, 5.41) is 3.00. The topological polar surface area (TPSA) is 52.5 Å². The number of nitrogens with zero attached hydrogens (tertiary/aromatic N) is 1. The Hall–Kier alpha value is -2.27. The molecule has 2 heterocycles. The second kappa shape index (κ2) is 5.61. The Morgan fingerprint density at radius 2 is 1.90 bits per heavy atom. The van der Waals surface area contributed by atoms with E-state index in [1.165, 1.54) is 0 Å². The number of hydrogen-bond acceptors (Lipinski definition) is 4. The summed E-state index contributed by atoms with van der Waals surface area (Å²) in [7, 11) is 3.61. The number of ether oxygens (including phenoxy) is 2. The molecule has 0 radical (unpaired) electrons. The molecule has 3 rings (SSSR count). The standard InChI is InChI=1S/C16H18N2O3/c1-17-10-12-3-5-13(18(2)16(12)19)11-4-6-14-15(9-11)21-8-7-20-14/h3-6,9,17H,7-8,10H2,1-2H3. The molecule has 0 fully saturated rings. The summed E-state index contributed by atoms with van der Waals surface area (Å²) in [5.41, 5.74) is 2.56. The molecule has 0 unspecified atom stereocenters. The minimum atomic E-state index is 0.0109. The molecular formula is C16H18N2O3. The van der Waals surface area contributed by atoms with Gasteiger partial charge < -0.3 is 19.4 Å². The van der Waals surface area contributed by atoms with Gasteiger partial charge in [0.2, 0.25) is 0 Å². The molecular weight excluding hydrogens is 268 g/mol. The zero-order valence-corrected chi connectivity index (χ0v) is 12.2. The van der Waals surface area contributed by atoms with Crippen molar-refractivity contribution in [1.82, 2.24) is 9.88 Å². The van der Waals surface area contributed by atoms with Gasteiger partial charge in [0.05, 0.1) is 5.69 Å².